The van der Waals surface area contributed by atoms with E-state index in [2.05, 4.69) is 5.32 Å². The number of nitrogens with one attached hydrogen (secondary N) is 1. The summed E-state index contributed by atoms with van der Waals surface area (Å²) in [5, 5.41) is 3.09. The second-order valence-electron chi connectivity index (χ2n) is 4.26. The molecule has 2 aromatic rings. The highest BCUT2D eigenvalue weighted by Gasteiger charge is 2.10. The Morgan fingerprint density at radius 3 is 2.50 bits per heavy atom. The Labute approximate surface area is 105 Å². The van der Waals surface area contributed by atoms with Crippen molar-refractivity contribution >= 4 is 0 Å². The molecule has 94 valence electrons. The third-order valence-electron chi connectivity index (χ3n) is 3.06. The molecule has 0 saturated carbocycles. The summed E-state index contributed by atoms with van der Waals surface area (Å²) in [6.07, 6.45) is 0. The molecule has 3 heteroatoms. The molecule has 0 radical (unpaired) electrons. The lowest BCUT2D eigenvalue weighted by atomic mass is 9.99. The van der Waals surface area contributed by atoms with Crippen molar-refractivity contribution in [2.75, 3.05) is 7.05 Å². The molecule has 0 spiro atoms. The first-order valence-electron chi connectivity index (χ1n) is 5.84. The highest BCUT2D eigenvalue weighted by molar-refractivity contribution is 5.65. The minimum absolute atomic E-state index is 0.123. The van der Waals surface area contributed by atoms with E-state index < -0.39 is 0 Å². The van der Waals surface area contributed by atoms with Gasteiger partial charge in [-0.05, 0) is 49.4 Å². The van der Waals surface area contributed by atoms with E-state index in [9.17, 15) is 8.78 Å². The van der Waals surface area contributed by atoms with Gasteiger partial charge in [-0.15, -0.1) is 0 Å². The summed E-state index contributed by atoms with van der Waals surface area (Å²) in [6.45, 7) is 1.99. The van der Waals surface area contributed by atoms with Crippen LogP contribution in [0.4, 0.5) is 8.78 Å². The van der Waals surface area contributed by atoms with Crippen LogP contribution in [0.15, 0.2) is 42.5 Å². The summed E-state index contributed by atoms with van der Waals surface area (Å²) in [5.74, 6) is -0.702. The minimum atomic E-state index is -0.362. The fourth-order valence-corrected chi connectivity index (χ4v) is 1.86. The van der Waals surface area contributed by atoms with Crippen molar-refractivity contribution in [1.82, 2.24) is 5.32 Å². The SMILES string of the molecule is CNC(C)c1ccc(F)c(-c2cccc(F)c2)c1. The molecule has 0 aliphatic heterocycles. The van der Waals surface area contributed by atoms with E-state index in [4.69, 9.17) is 0 Å². The van der Waals surface area contributed by atoms with E-state index in [-0.39, 0.29) is 17.7 Å². The maximum Gasteiger partial charge on any atom is 0.131 e. The van der Waals surface area contributed by atoms with Gasteiger partial charge < -0.3 is 5.32 Å². The molecule has 18 heavy (non-hydrogen) atoms. The second kappa shape index (κ2) is 5.27. The zero-order chi connectivity index (χ0) is 13.1. The Balaban J connectivity index is 2.49. The van der Waals surface area contributed by atoms with Crippen LogP contribution in [0.3, 0.4) is 0 Å². The lowest BCUT2D eigenvalue weighted by molar-refractivity contribution is 0.619. The van der Waals surface area contributed by atoms with Gasteiger partial charge in [-0.3, -0.25) is 0 Å². The molecule has 0 bridgehead atoms. The van der Waals surface area contributed by atoms with Crippen LogP contribution >= 0.6 is 0 Å². The first kappa shape index (κ1) is 12.7. The fourth-order valence-electron chi connectivity index (χ4n) is 1.86. The standard InChI is InChI=1S/C15H15F2N/c1-10(18-2)11-6-7-15(17)14(9-11)12-4-3-5-13(16)8-12/h3-10,18H,1-2H3. The van der Waals surface area contributed by atoms with Crippen molar-refractivity contribution in [3.8, 4) is 11.1 Å². The second-order valence-corrected chi connectivity index (χ2v) is 4.26. The number of hydrogen-bond acceptors (Lipinski definition) is 1. The summed E-state index contributed by atoms with van der Waals surface area (Å²) in [7, 11) is 1.84. The maximum absolute atomic E-state index is 13.8. The third-order valence-corrected chi connectivity index (χ3v) is 3.06. The van der Waals surface area contributed by atoms with E-state index in [1.54, 1.807) is 24.3 Å². The van der Waals surface area contributed by atoms with Crippen LogP contribution < -0.4 is 5.32 Å². The van der Waals surface area contributed by atoms with Crippen LogP contribution in [-0.4, -0.2) is 7.05 Å². The molecule has 0 aliphatic carbocycles. The molecular formula is C15H15F2N. The topological polar surface area (TPSA) is 12.0 Å². The van der Waals surface area contributed by atoms with Gasteiger partial charge in [0.25, 0.3) is 0 Å². The van der Waals surface area contributed by atoms with E-state index in [0.29, 0.717) is 11.1 Å². The van der Waals surface area contributed by atoms with Crippen molar-refractivity contribution in [1.29, 1.82) is 0 Å². The van der Waals surface area contributed by atoms with Gasteiger partial charge in [0.05, 0.1) is 0 Å². The van der Waals surface area contributed by atoms with Crippen LogP contribution in [0.25, 0.3) is 11.1 Å². The van der Waals surface area contributed by atoms with Gasteiger partial charge in [0.1, 0.15) is 11.6 Å². The van der Waals surface area contributed by atoms with Crippen LogP contribution in [0.2, 0.25) is 0 Å². The number of benzene rings is 2. The van der Waals surface area contributed by atoms with Crippen LogP contribution in [-0.2, 0) is 0 Å². The Morgan fingerprint density at radius 1 is 1.06 bits per heavy atom. The Morgan fingerprint density at radius 2 is 1.83 bits per heavy atom. The predicted molar refractivity (Wildman–Crippen MR) is 69.3 cm³/mol. The quantitative estimate of drug-likeness (QED) is 0.867. The Hall–Kier alpha value is -1.74. The molecule has 1 nitrogen and oxygen atoms in total. The summed E-state index contributed by atoms with van der Waals surface area (Å²) < 4.78 is 27.0. The molecule has 1 atom stereocenters. The molecule has 0 fully saturated rings. The zero-order valence-electron chi connectivity index (χ0n) is 10.4. The maximum atomic E-state index is 13.8. The van der Waals surface area contributed by atoms with Crippen molar-refractivity contribution < 1.29 is 8.78 Å². The van der Waals surface area contributed by atoms with Crippen molar-refractivity contribution in [2.45, 2.75) is 13.0 Å². The van der Waals surface area contributed by atoms with Gasteiger partial charge in [0.2, 0.25) is 0 Å². The third kappa shape index (κ3) is 2.57. The fraction of sp³-hybridized carbons (Fsp3) is 0.200. The number of hydrogen-bond donors (Lipinski definition) is 1. The first-order valence-corrected chi connectivity index (χ1v) is 5.84. The van der Waals surface area contributed by atoms with Crippen LogP contribution in [0.1, 0.15) is 18.5 Å². The van der Waals surface area contributed by atoms with E-state index in [1.165, 1.54) is 18.2 Å². The van der Waals surface area contributed by atoms with Gasteiger partial charge >= 0.3 is 0 Å². The summed E-state index contributed by atoms with van der Waals surface area (Å²) in [5.41, 5.74) is 1.95. The molecular weight excluding hydrogens is 232 g/mol. The molecule has 2 aromatic carbocycles. The molecule has 0 aliphatic rings. The molecule has 2 rings (SSSR count). The molecule has 1 unspecified atom stereocenters. The lowest BCUT2D eigenvalue weighted by Gasteiger charge is -2.13. The zero-order valence-corrected chi connectivity index (χ0v) is 10.4. The Kier molecular flexibility index (Phi) is 3.72. The van der Waals surface area contributed by atoms with E-state index in [1.807, 2.05) is 14.0 Å². The summed E-state index contributed by atoms with van der Waals surface area (Å²) in [4.78, 5) is 0. The van der Waals surface area contributed by atoms with E-state index in [0.717, 1.165) is 5.56 Å². The first-order chi connectivity index (χ1) is 8.61. The number of halogens is 2. The number of rotatable bonds is 3. The summed E-state index contributed by atoms with van der Waals surface area (Å²) in [6, 6.07) is 11.0. The van der Waals surface area contributed by atoms with Crippen LogP contribution in [0.5, 0.6) is 0 Å². The smallest absolute Gasteiger partial charge is 0.131 e. The highest BCUT2D eigenvalue weighted by Crippen LogP contribution is 2.26. The van der Waals surface area contributed by atoms with Gasteiger partial charge in [-0.1, -0.05) is 18.2 Å². The summed E-state index contributed by atoms with van der Waals surface area (Å²) >= 11 is 0. The predicted octanol–water partition coefficient (Wildman–Crippen LogP) is 3.91. The van der Waals surface area contributed by atoms with Gasteiger partial charge in [-0.25, -0.2) is 8.78 Å². The average Bonchev–Trinajstić information content (AvgIpc) is 2.38. The van der Waals surface area contributed by atoms with Gasteiger partial charge in [0, 0.05) is 11.6 Å². The lowest BCUT2D eigenvalue weighted by Crippen LogP contribution is -2.12. The van der Waals surface area contributed by atoms with E-state index >= 15 is 0 Å². The minimum Gasteiger partial charge on any atom is -0.313 e. The normalized spacial score (nSPS) is 12.4. The van der Waals surface area contributed by atoms with Crippen molar-refractivity contribution in [2.24, 2.45) is 0 Å². The highest BCUT2D eigenvalue weighted by atomic mass is 19.1. The molecule has 0 aromatic heterocycles. The Bertz CT molecular complexity index is 552. The van der Waals surface area contributed by atoms with Crippen molar-refractivity contribution in [3.63, 3.8) is 0 Å². The average molecular weight is 247 g/mol. The molecule has 0 saturated heterocycles. The largest absolute Gasteiger partial charge is 0.313 e. The molecule has 0 amide bonds. The molecule has 1 N–H and O–H groups in total. The van der Waals surface area contributed by atoms with Gasteiger partial charge in [0.15, 0.2) is 0 Å². The van der Waals surface area contributed by atoms with Crippen LogP contribution in [0, 0.1) is 11.6 Å². The van der Waals surface area contributed by atoms with Crippen molar-refractivity contribution in [3.05, 3.63) is 59.7 Å². The monoisotopic (exact) mass is 247 g/mol. The van der Waals surface area contributed by atoms with Gasteiger partial charge in [-0.2, -0.15) is 0 Å². The molecule has 0 heterocycles.